The third kappa shape index (κ3) is 2.62. The molecule has 1 aliphatic rings. The van der Waals surface area contributed by atoms with Crippen molar-refractivity contribution in [3.05, 3.63) is 16.1 Å². The van der Waals surface area contributed by atoms with Gasteiger partial charge in [-0.3, -0.25) is 4.90 Å². The van der Waals surface area contributed by atoms with Gasteiger partial charge in [-0.15, -0.1) is 11.3 Å². The number of rotatable bonds is 3. The van der Waals surface area contributed by atoms with Gasteiger partial charge in [0, 0.05) is 42.7 Å². The minimum atomic E-state index is 0.345. The quantitative estimate of drug-likeness (QED) is 0.878. The van der Waals surface area contributed by atoms with Gasteiger partial charge in [0.2, 0.25) is 0 Å². The zero-order chi connectivity index (χ0) is 11.7. The van der Waals surface area contributed by atoms with Gasteiger partial charge in [-0.05, 0) is 5.92 Å². The molecule has 2 atom stereocenters. The third-order valence-electron chi connectivity index (χ3n) is 3.19. The zero-order valence-corrected chi connectivity index (χ0v) is 11.1. The number of likely N-dealkylation sites (tertiary alicyclic amines) is 1. The summed E-state index contributed by atoms with van der Waals surface area (Å²) in [6, 6.07) is 0.345. The molecule has 2 N–H and O–H groups in total. The van der Waals surface area contributed by atoms with Crippen LogP contribution in [0.25, 0.3) is 0 Å². The first-order chi connectivity index (χ1) is 7.56. The predicted octanol–water partition coefficient (Wildman–Crippen LogP) is 2.05. The van der Waals surface area contributed by atoms with Gasteiger partial charge in [0.05, 0.1) is 5.01 Å². The molecular formula is C12H21N3S. The lowest BCUT2D eigenvalue weighted by Crippen LogP contribution is -2.28. The number of aromatic nitrogens is 1. The van der Waals surface area contributed by atoms with E-state index in [0.717, 1.165) is 19.6 Å². The molecule has 2 heterocycles. The summed E-state index contributed by atoms with van der Waals surface area (Å²) >= 11 is 1.84. The first-order valence-electron chi connectivity index (χ1n) is 5.98. The van der Waals surface area contributed by atoms with Gasteiger partial charge in [0.25, 0.3) is 0 Å². The van der Waals surface area contributed by atoms with Crippen LogP contribution in [0.3, 0.4) is 0 Å². The van der Waals surface area contributed by atoms with Crippen molar-refractivity contribution in [2.45, 2.75) is 39.3 Å². The molecule has 1 aromatic rings. The van der Waals surface area contributed by atoms with Crippen LogP contribution in [0.4, 0.5) is 0 Å². The van der Waals surface area contributed by atoms with Crippen molar-refractivity contribution in [2.24, 2.45) is 11.7 Å². The Hall–Kier alpha value is -0.450. The Labute approximate surface area is 102 Å². The maximum atomic E-state index is 6.02. The van der Waals surface area contributed by atoms with Crippen LogP contribution in [0.15, 0.2) is 6.20 Å². The second-order valence-electron chi connectivity index (χ2n) is 5.15. The predicted molar refractivity (Wildman–Crippen MR) is 68.6 cm³/mol. The molecule has 3 nitrogen and oxygen atoms in total. The smallest absolute Gasteiger partial charge is 0.0953 e. The Morgan fingerprint density at radius 2 is 2.31 bits per heavy atom. The topological polar surface area (TPSA) is 42.2 Å². The van der Waals surface area contributed by atoms with Crippen LogP contribution in [-0.4, -0.2) is 29.0 Å². The molecular weight excluding hydrogens is 218 g/mol. The van der Waals surface area contributed by atoms with E-state index < -0.39 is 0 Å². The minimum Gasteiger partial charge on any atom is -0.326 e. The van der Waals surface area contributed by atoms with Crippen molar-refractivity contribution in [1.82, 2.24) is 9.88 Å². The summed E-state index contributed by atoms with van der Waals surface area (Å²) in [5.74, 6) is 1.16. The van der Waals surface area contributed by atoms with E-state index in [2.05, 4.69) is 30.7 Å². The number of thiazole rings is 1. The second kappa shape index (κ2) is 4.82. The van der Waals surface area contributed by atoms with Gasteiger partial charge < -0.3 is 5.73 Å². The Kier molecular flexibility index (Phi) is 3.62. The zero-order valence-electron chi connectivity index (χ0n) is 10.3. The SMILES string of the molecule is CC(C)c1ncc(CN2CC(C)C(N)C2)s1. The molecule has 16 heavy (non-hydrogen) atoms. The molecule has 2 rings (SSSR count). The van der Waals surface area contributed by atoms with Crippen LogP contribution >= 0.6 is 11.3 Å². The number of hydrogen-bond acceptors (Lipinski definition) is 4. The van der Waals surface area contributed by atoms with E-state index in [1.807, 2.05) is 17.5 Å². The standard InChI is InChI=1S/C12H21N3S/c1-8(2)12-14-4-10(16-12)6-15-5-9(3)11(13)7-15/h4,8-9,11H,5-7,13H2,1-3H3. The summed E-state index contributed by atoms with van der Waals surface area (Å²) in [6.07, 6.45) is 2.02. The van der Waals surface area contributed by atoms with E-state index in [4.69, 9.17) is 5.73 Å². The van der Waals surface area contributed by atoms with E-state index in [9.17, 15) is 0 Å². The highest BCUT2D eigenvalue weighted by molar-refractivity contribution is 7.11. The lowest BCUT2D eigenvalue weighted by atomic mass is 10.1. The lowest BCUT2D eigenvalue weighted by Gasteiger charge is -2.13. The Morgan fingerprint density at radius 1 is 1.56 bits per heavy atom. The van der Waals surface area contributed by atoms with Crippen molar-refractivity contribution in [3.8, 4) is 0 Å². The second-order valence-corrected chi connectivity index (χ2v) is 6.30. The average Bonchev–Trinajstić information content (AvgIpc) is 2.76. The van der Waals surface area contributed by atoms with Gasteiger partial charge >= 0.3 is 0 Å². The monoisotopic (exact) mass is 239 g/mol. The fraction of sp³-hybridized carbons (Fsp3) is 0.750. The molecule has 0 radical (unpaired) electrons. The number of nitrogens with two attached hydrogens (primary N) is 1. The van der Waals surface area contributed by atoms with Gasteiger partial charge in [-0.25, -0.2) is 4.98 Å². The van der Waals surface area contributed by atoms with Crippen molar-refractivity contribution < 1.29 is 0 Å². The summed E-state index contributed by atoms with van der Waals surface area (Å²) in [5, 5.41) is 1.24. The molecule has 2 unspecified atom stereocenters. The molecule has 0 aliphatic carbocycles. The normalized spacial score (nSPS) is 26.8. The first-order valence-corrected chi connectivity index (χ1v) is 6.80. The van der Waals surface area contributed by atoms with Crippen LogP contribution in [0.2, 0.25) is 0 Å². The van der Waals surface area contributed by atoms with E-state index in [0.29, 0.717) is 17.9 Å². The number of hydrogen-bond donors (Lipinski definition) is 1. The summed E-state index contributed by atoms with van der Waals surface area (Å²) < 4.78 is 0. The van der Waals surface area contributed by atoms with Gasteiger partial charge in [0.15, 0.2) is 0 Å². The molecule has 4 heteroatoms. The highest BCUT2D eigenvalue weighted by atomic mass is 32.1. The van der Waals surface area contributed by atoms with E-state index >= 15 is 0 Å². The lowest BCUT2D eigenvalue weighted by molar-refractivity contribution is 0.321. The van der Waals surface area contributed by atoms with Crippen LogP contribution in [-0.2, 0) is 6.54 Å². The average molecular weight is 239 g/mol. The van der Waals surface area contributed by atoms with Crippen LogP contribution in [0.1, 0.15) is 36.6 Å². The molecule has 1 saturated heterocycles. The molecule has 90 valence electrons. The van der Waals surface area contributed by atoms with Crippen LogP contribution in [0, 0.1) is 5.92 Å². The molecule has 0 bridgehead atoms. The fourth-order valence-electron chi connectivity index (χ4n) is 2.11. The Balaban J connectivity index is 1.94. The van der Waals surface area contributed by atoms with Gasteiger partial charge in [-0.2, -0.15) is 0 Å². The number of nitrogens with zero attached hydrogens (tertiary/aromatic N) is 2. The van der Waals surface area contributed by atoms with Crippen molar-refractivity contribution >= 4 is 11.3 Å². The first kappa shape index (κ1) is 12.0. The van der Waals surface area contributed by atoms with Gasteiger partial charge in [0.1, 0.15) is 0 Å². The molecule has 0 saturated carbocycles. The molecule has 0 amide bonds. The molecule has 0 aromatic carbocycles. The molecule has 1 fully saturated rings. The van der Waals surface area contributed by atoms with E-state index in [-0.39, 0.29) is 0 Å². The Bertz CT molecular complexity index is 338. The molecule has 0 spiro atoms. The highest BCUT2D eigenvalue weighted by Gasteiger charge is 2.26. The fourth-order valence-corrected chi connectivity index (χ4v) is 3.07. The summed E-state index contributed by atoms with van der Waals surface area (Å²) in [5.41, 5.74) is 6.02. The summed E-state index contributed by atoms with van der Waals surface area (Å²) in [4.78, 5) is 8.26. The summed E-state index contributed by atoms with van der Waals surface area (Å²) in [6.45, 7) is 9.78. The van der Waals surface area contributed by atoms with Gasteiger partial charge in [-0.1, -0.05) is 20.8 Å². The Morgan fingerprint density at radius 3 is 2.81 bits per heavy atom. The van der Waals surface area contributed by atoms with Crippen LogP contribution < -0.4 is 5.73 Å². The highest BCUT2D eigenvalue weighted by Crippen LogP contribution is 2.24. The van der Waals surface area contributed by atoms with Crippen molar-refractivity contribution in [2.75, 3.05) is 13.1 Å². The third-order valence-corrected chi connectivity index (χ3v) is 4.47. The summed E-state index contributed by atoms with van der Waals surface area (Å²) in [7, 11) is 0. The maximum absolute atomic E-state index is 6.02. The minimum absolute atomic E-state index is 0.345. The van der Waals surface area contributed by atoms with E-state index in [1.165, 1.54) is 9.88 Å². The molecule has 1 aliphatic heterocycles. The maximum Gasteiger partial charge on any atom is 0.0953 e. The largest absolute Gasteiger partial charge is 0.326 e. The van der Waals surface area contributed by atoms with Crippen molar-refractivity contribution in [3.63, 3.8) is 0 Å². The van der Waals surface area contributed by atoms with E-state index in [1.54, 1.807) is 0 Å². The molecule has 1 aromatic heterocycles. The van der Waals surface area contributed by atoms with Crippen molar-refractivity contribution in [1.29, 1.82) is 0 Å². The van der Waals surface area contributed by atoms with Crippen LogP contribution in [0.5, 0.6) is 0 Å².